The summed E-state index contributed by atoms with van der Waals surface area (Å²) >= 11 is 0. The zero-order valence-corrected chi connectivity index (χ0v) is 8.79. The van der Waals surface area contributed by atoms with Gasteiger partial charge in [-0.15, -0.1) is 4.91 Å². The summed E-state index contributed by atoms with van der Waals surface area (Å²) in [6.07, 6.45) is 7.81. The zero-order chi connectivity index (χ0) is 9.94. The van der Waals surface area contributed by atoms with Crippen molar-refractivity contribution in [2.24, 2.45) is 5.34 Å². The van der Waals surface area contributed by atoms with Crippen molar-refractivity contribution >= 4 is 0 Å². The highest BCUT2D eigenvalue weighted by Crippen LogP contribution is 2.13. The van der Waals surface area contributed by atoms with E-state index in [1.807, 2.05) is 0 Å². The molecule has 78 valence electrons. The Morgan fingerprint density at radius 3 is 2.23 bits per heavy atom. The van der Waals surface area contributed by atoms with E-state index in [1.54, 1.807) is 0 Å². The fourth-order valence-corrected chi connectivity index (χ4v) is 1.36. The van der Waals surface area contributed by atoms with Gasteiger partial charge < -0.3 is 4.84 Å². The quantitative estimate of drug-likeness (QED) is 0.312. The van der Waals surface area contributed by atoms with Gasteiger partial charge in [-0.1, -0.05) is 33.1 Å². The third kappa shape index (κ3) is 7.75. The molecule has 1 atom stereocenters. The number of nitrogens with zero attached hydrogens (tertiary/aromatic N) is 1. The van der Waals surface area contributed by atoms with Crippen molar-refractivity contribution in [3.63, 3.8) is 0 Å². The topological polar surface area (TPSA) is 38.7 Å². The van der Waals surface area contributed by atoms with Crippen LogP contribution in [0.5, 0.6) is 0 Å². The molecule has 0 rings (SSSR count). The average Bonchev–Trinajstić information content (AvgIpc) is 2.14. The zero-order valence-electron chi connectivity index (χ0n) is 8.79. The molecule has 0 N–H and O–H groups in total. The van der Waals surface area contributed by atoms with Gasteiger partial charge in [0.2, 0.25) is 0 Å². The first-order valence-electron chi connectivity index (χ1n) is 5.33. The van der Waals surface area contributed by atoms with Crippen molar-refractivity contribution in [2.75, 3.05) is 0 Å². The van der Waals surface area contributed by atoms with Gasteiger partial charge in [-0.3, -0.25) is 0 Å². The highest BCUT2D eigenvalue weighted by Gasteiger charge is 2.08. The fraction of sp³-hybridized carbons (Fsp3) is 1.00. The first kappa shape index (κ1) is 12.4. The molecule has 0 spiro atoms. The molecule has 3 heteroatoms. The summed E-state index contributed by atoms with van der Waals surface area (Å²) in [7, 11) is 0. The monoisotopic (exact) mass is 187 g/mol. The molecule has 0 aliphatic heterocycles. The van der Waals surface area contributed by atoms with Gasteiger partial charge in [0.05, 0.1) is 0 Å². The van der Waals surface area contributed by atoms with Gasteiger partial charge in [0.15, 0.2) is 5.34 Å². The summed E-state index contributed by atoms with van der Waals surface area (Å²) in [5.74, 6) is 0. The molecule has 0 aliphatic carbocycles. The molecule has 3 nitrogen and oxygen atoms in total. The van der Waals surface area contributed by atoms with E-state index < -0.39 is 0 Å². The van der Waals surface area contributed by atoms with Crippen molar-refractivity contribution in [1.29, 1.82) is 0 Å². The fourth-order valence-electron chi connectivity index (χ4n) is 1.36. The molecular weight excluding hydrogens is 166 g/mol. The first-order valence-corrected chi connectivity index (χ1v) is 5.33. The minimum absolute atomic E-state index is 0.0593. The molecule has 0 fully saturated rings. The number of hydrogen-bond acceptors (Lipinski definition) is 3. The Morgan fingerprint density at radius 2 is 1.69 bits per heavy atom. The first-order chi connectivity index (χ1) is 6.35. The Labute approximate surface area is 80.8 Å². The predicted molar refractivity (Wildman–Crippen MR) is 54.3 cm³/mol. The van der Waals surface area contributed by atoms with Gasteiger partial charge in [-0.2, -0.15) is 0 Å². The summed E-state index contributed by atoms with van der Waals surface area (Å²) < 4.78 is 0. The Bertz CT molecular complexity index is 117. The summed E-state index contributed by atoms with van der Waals surface area (Å²) in [6.45, 7) is 4.30. The van der Waals surface area contributed by atoms with Crippen LogP contribution in [-0.4, -0.2) is 6.10 Å². The van der Waals surface area contributed by atoms with Gasteiger partial charge in [0.1, 0.15) is 6.10 Å². The van der Waals surface area contributed by atoms with E-state index in [4.69, 9.17) is 4.84 Å². The summed E-state index contributed by atoms with van der Waals surface area (Å²) in [4.78, 5) is 14.7. The van der Waals surface area contributed by atoms with Crippen LogP contribution in [0.15, 0.2) is 5.34 Å². The molecular formula is C10H21NO2. The van der Waals surface area contributed by atoms with Crippen LogP contribution in [0.3, 0.4) is 0 Å². The number of rotatable bonds is 9. The number of hydrogen-bond donors (Lipinski definition) is 0. The average molecular weight is 187 g/mol. The number of unbranched alkanes of at least 4 members (excludes halogenated alkanes) is 3. The Balaban J connectivity index is 3.47. The lowest BCUT2D eigenvalue weighted by molar-refractivity contribution is 0.0400. The Hall–Kier alpha value is -0.600. The Morgan fingerprint density at radius 1 is 1.08 bits per heavy atom. The summed E-state index contributed by atoms with van der Waals surface area (Å²) in [5.41, 5.74) is 0. The molecule has 0 amide bonds. The Kier molecular flexibility index (Phi) is 9.05. The standard InChI is InChI=1S/C10H21NO2/c1-3-5-7-9-10(13-11-12)8-6-4-2/h10H,3-9H2,1-2H3. The highest BCUT2D eigenvalue weighted by molar-refractivity contribution is 4.57. The van der Waals surface area contributed by atoms with E-state index in [1.165, 1.54) is 12.8 Å². The van der Waals surface area contributed by atoms with E-state index in [0.29, 0.717) is 0 Å². The molecule has 0 aromatic carbocycles. The molecule has 0 saturated heterocycles. The van der Waals surface area contributed by atoms with Gasteiger partial charge in [0, 0.05) is 0 Å². The molecule has 13 heavy (non-hydrogen) atoms. The van der Waals surface area contributed by atoms with E-state index in [-0.39, 0.29) is 6.10 Å². The van der Waals surface area contributed by atoms with Gasteiger partial charge in [-0.25, -0.2) is 0 Å². The van der Waals surface area contributed by atoms with Crippen LogP contribution in [0, 0.1) is 4.91 Å². The van der Waals surface area contributed by atoms with Crippen LogP contribution >= 0.6 is 0 Å². The smallest absolute Gasteiger partial charge is 0.155 e. The highest BCUT2D eigenvalue weighted by atomic mass is 16.7. The summed E-state index contributed by atoms with van der Waals surface area (Å²) in [6, 6.07) is 0. The van der Waals surface area contributed by atoms with Crippen molar-refractivity contribution in [2.45, 2.75) is 64.9 Å². The van der Waals surface area contributed by atoms with Crippen LogP contribution in [0.4, 0.5) is 0 Å². The van der Waals surface area contributed by atoms with Crippen molar-refractivity contribution in [3.8, 4) is 0 Å². The maximum atomic E-state index is 9.94. The van der Waals surface area contributed by atoms with Crippen LogP contribution in [0.25, 0.3) is 0 Å². The van der Waals surface area contributed by atoms with Crippen molar-refractivity contribution < 1.29 is 4.84 Å². The van der Waals surface area contributed by atoms with Crippen LogP contribution in [0.1, 0.15) is 58.8 Å². The van der Waals surface area contributed by atoms with Crippen molar-refractivity contribution in [1.82, 2.24) is 0 Å². The van der Waals surface area contributed by atoms with Crippen LogP contribution in [-0.2, 0) is 4.84 Å². The molecule has 0 saturated carbocycles. The second-order valence-corrected chi connectivity index (χ2v) is 3.44. The molecule has 0 bridgehead atoms. The SMILES string of the molecule is CCCCCC(CCCC)ON=O. The molecule has 0 radical (unpaired) electrons. The van der Waals surface area contributed by atoms with Gasteiger partial charge in [-0.05, 0) is 25.7 Å². The van der Waals surface area contributed by atoms with E-state index >= 15 is 0 Å². The maximum Gasteiger partial charge on any atom is 0.155 e. The third-order valence-corrected chi connectivity index (χ3v) is 2.20. The predicted octanol–water partition coefficient (Wildman–Crippen LogP) is 3.82. The second-order valence-electron chi connectivity index (χ2n) is 3.44. The lowest BCUT2D eigenvalue weighted by atomic mass is 10.1. The largest absolute Gasteiger partial charge is 0.361 e. The molecule has 0 aromatic rings. The van der Waals surface area contributed by atoms with Crippen LogP contribution in [0.2, 0.25) is 0 Å². The maximum absolute atomic E-state index is 9.94. The minimum Gasteiger partial charge on any atom is -0.361 e. The molecule has 1 unspecified atom stereocenters. The molecule has 0 heterocycles. The van der Waals surface area contributed by atoms with Crippen LogP contribution < -0.4 is 0 Å². The molecule has 0 aliphatic rings. The van der Waals surface area contributed by atoms with Gasteiger partial charge in [0.25, 0.3) is 0 Å². The minimum atomic E-state index is 0.0593. The van der Waals surface area contributed by atoms with E-state index in [9.17, 15) is 4.91 Å². The van der Waals surface area contributed by atoms with Gasteiger partial charge >= 0.3 is 0 Å². The third-order valence-electron chi connectivity index (χ3n) is 2.20. The lowest BCUT2D eigenvalue weighted by Crippen LogP contribution is -2.09. The van der Waals surface area contributed by atoms with E-state index in [2.05, 4.69) is 19.2 Å². The molecule has 0 aromatic heterocycles. The summed E-state index contributed by atoms with van der Waals surface area (Å²) in [5, 5.41) is 2.52. The second kappa shape index (κ2) is 9.49. The normalized spacial score (nSPS) is 12.5. The van der Waals surface area contributed by atoms with E-state index in [0.717, 1.165) is 32.1 Å². The lowest BCUT2D eigenvalue weighted by Gasteiger charge is -2.11. The van der Waals surface area contributed by atoms with Crippen molar-refractivity contribution in [3.05, 3.63) is 4.91 Å².